The number of hydrogen-bond acceptors (Lipinski definition) is 3. The van der Waals surface area contributed by atoms with Crippen LogP contribution in [0.4, 0.5) is 0 Å². The summed E-state index contributed by atoms with van der Waals surface area (Å²) >= 11 is 12.5. The minimum absolute atomic E-state index is 0.0751. The Hall–Kier alpha value is -1.60. The molecule has 1 aliphatic heterocycles. The third-order valence-electron chi connectivity index (χ3n) is 5.08. The molecule has 1 saturated heterocycles. The van der Waals surface area contributed by atoms with Crippen LogP contribution in [0.25, 0.3) is 0 Å². The summed E-state index contributed by atoms with van der Waals surface area (Å²) in [7, 11) is -3.91. The Morgan fingerprint density at radius 2 is 1.59 bits per heavy atom. The van der Waals surface area contributed by atoms with E-state index in [0.29, 0.717) is 28.7 Å². The van der Waals surface area contributed by atoms with Gasteiger partial charge in [0.25, 0.3) is 0 Å². The quantitative estimate of drug-likeness (QED) is 0.644. The van der Waals surface area contributed by atoms with Crippen LogP contribution in [-0.4, -0.2) is 43.2 Å². The van der Waals surface area contributed by atoms with Crippen molar-refractivity contribution >= 4 is 39.1 Å². The summed E-state index contributed by atoms with van der Waals surface area (Å²) in [5, 5.41) is 0.735. The van der Waals surface area contributed by atoms with Gasteiger partial charge in [0.05, 0.1) is 11.4 Å². The molecule has 0 saturated carbocycles. The second-order valence-corrected chi connectivity index (χ2v) is 9.98. The summed E-state index contributed by atoms with van der Waals surface area (Å²) in [5.74, 6) is -0.205. The first kappa shape index (κ1) is 22.1. The van der Waals surface area contributed by atoms with Gasteiger partial charge < -0.3 is 4.90 Å². The van der Waals surface area contributed by atoms with E-state index in [1.807, 2.05) is 6.92 Å². The van der Waals surface area contributed by atoms with Crippen molar-refractivity contribution in [3.63, 3.8) is 0 Å². The van der Waals surface area contributed by atoms with Gasteiger partial charge in [0, 0.05) is 35.2 Å². The van der Waals surface area contributed by atoms with Crippen LogP contribution in [0.1, 0.15) is 30.4 Å². The zero-order valence-electron chi connectivity index (χ0n) is 16.3. The number of aryl methyl sites for hydroxylation is 1. The highest BCUT2D eigenvalue weighted by Crippen LogP contribution is 2.28. The van der Waals surface area contributed by atoms with Crippen LogP contribution in [0.5, 0.6) is 0 Å². The molecule has 0 aromatic heterocycles. The van der Waals surface area contributed by atoms with E-state index in [1.54, 1.807) is 47.4 Å². The van der Waals surface area contributed by atoms with Crippen LogP contribution in [-0.2, 0) is 21.4 Å². The molecule has 3 rings (SSSR count). The summed E-state index contributed by atoms with van der Waals surface area (Å²) in [4.78, 5) is 14.7. The molecule has 1 amide bonds. The Morgan fingerprint density at radius 3 is 2.17 bits per heavy atom. The number of carbonyl (C=O) groups is 1. The van der Waals surface area contributed by atoms with E-state index in [9.17, 15) is 13.2 Å². The van der Waals surface area contributed by atoms with Crippen molar-refractivity contribution in [2.24, 2.45) is 0 Å². The molecule has 2 aromatic rings. The van der Waals surface area contributed by atoms with E-state index in [0.717, 1.165) is 24.8 Å². The summed E-state index contributed by atoms with van der Waals surface area (Å²) in [6, 6.07) is 11.6. The van der Waals surface area contributed by atoms with Crippen LogP contribution in [0, 0.1) is 6.92 Å². The van der Waals surface area contributed by atoms with Gasteiger partial charge in [0.1, 0.15) is 0 Å². The molecule has 1 aliphatic rings. The molecule has 0 aliphatic carbocycles. The minimum atomic E-state index is -3.91. The van der Waals surface area contributed by atoms with Gasteiger partial charge in [0.15, 0.2) is 0 Å². The van der Waals surface area contributed by atoms with Crippen molar-refractivity contribution in [1.29, 1.82) is 0 Å². The molecule has 156 valence electrons. The average molecular weight is 455 g/mol. The highest BCUT2D eigenvalue weighted by atomic mass is 35.5. The second-order valence-electron chi connectivity index (χ2n) is 7.23. The normalized spacial score (nSPS) is 15.0. The van der Waals surface area contributed by atoms with Gasteiger partial charge in [-0.15, -0.1) is 0 Å². The van der Waals surface area contributed by atoms with E-state index < -0.39 is 10.0 Å². The lowest BCUT2D eigenvalue weighted by atomic mass is 10.1. The number of carbonyl (C=O) groups excluding carboxylic acids is 1. The minimum Gasteiger partial charge on any atom is -0.342 e. The molecule has 29 heavy (non-hydrogen) atoms. The van der Waals surface area contributed by atoms with E-state index in [1.165, 1.54) is 4.31 Å². The molecule has 0 spiro atoms. The van der Waals surface area contributed by atoms with Gasteiger partial charge in [-0.25, -0.2) is 8.42 Å². The first-order valence-electron chi connectivity index (χ1n) is 9.56. The summed E-state index contributed by atoms with van der Waals surface area (Å²) in [5.41, 5.74) is 1.44. The number of sulfonamides is 1. The van der Waals surface area contributed by atoms with Crippen molar-refractivity contribution < 1.29 is 13.2 Å². The Morgan fingerprint density at radius 1 is 1.00 bits per heavy atom. The van der Waals surface area contributed by atoms with Crippen molar-refractivity contribution in [3.8, 4) is 0 Å². The predicted molar refractivity (Wildman–Crippen MR) is 116 cm³/mol. The standard InChI is InChI=1S/C21H24Cl2N2O3S/c1-16-8-10-17(11-9-16)29(27,28)25(14-18-19(22)6-5-7-20(18)23)15-21(26)24-12-3-2-4-13-24/h5-11H,2-4,12-15H2,1H3. The number of piperidine rings is 1. The van der Waals surface area contributed by atoms with Crippen molar-refractivity contribution in [1.82, 2.24) is 9.21 Å². The number of likely N-dealkylation sites (tertiary alicyclic amines) is 1. The Labute approximate surface area is 182 Å². The topological polar surface area (TPSA) is 57.7 Å². The largest absolute Gasteiger partial charge is 0.342 e. The zero-order valence-corrected chi connectivity index (χ0v) is 18.6. The van der Waals surface area contributed by atoms with Crippen LogP contribution < -0.4 is 0 Å². The SMILES string of the molecule is Cc1ccc(S(=O)(=O)N(CC(=O)N2CCCCC2)Cc2c(Cl)cccc2Cl)cc1. The highest BCUT2D eigenvalue weighted by molar-refractivity contribution is 7.89. The van der Waals surface area contributed by atoms with Gasteiger partial charge >= 0.3 is 0 Å². The molecule has 1 heterocycles. The Bertz CT molecular complexity index is 952. The third kappa shape index (κ3) is 5.31. The number of rotatable bonds is 6. The molecule has 0 atom stereocenters. The number of amides is 1. The van der Waals surface area contributed by atoms with Crippen LogP contribution >= 0.6 is 23.2 Å². The molecule has 0 unspecified atom stereocenters. The van der Waals surface area contributed by atoms with Crippen molar-refractivity contribution in [2.75, 3.05) is 19.6 Å². The summed E-state index contributed by atoms with van der Waals surface area (Å²) in [6.45, 7) is 2.87. The Balaban J connectivity index is 1.94. The highest BCUT2D eigenvalue weighted by Gasteiger charge is 2.30. The van der Waals surface area contributed by atoms with Crippen LogP contribution in [0.3, 0.4) is 0 Å². The van der Waals surface area contributed by atoms with Crippen LogP contribution in [0.15, 0.2) is 47.4 Å². The first-order valence-corrected chi connectivity index (χ1v) is 11.8. The number of halogens is 2. The Kier molecular flexibility index (Phi) is 7.22. The lowest BCUT2D eigenvalue weighted by molar-refractivity contribution is -0.132. The van der Waals surface area contributed by atoms with E-state index in [2.05, 4.69) is 0 Å². The molecule has 8 heteroatoms. The molecule has 0 radical (unpaired) electrons. The predicted octanol–water partition coefficient (Wildman–Crippen LogP) is 4.51. The molecular weight excluding hydrogens is 431 g/mol. The van der Waals surface area contributed by atoms with Gasteiger partial charge in [-0.05, 0) is 50.5 Å². The second kappa shape index (κ2) is 9.47. The lowest BCUT2D eigenvalue weighted by Crippen LogP contribution is -2.44. The van der Waals surface area contributed by atoms with Gasteiger partial charge in [-0.2, -0.15) is 4.31 Å². The fraction of sp³-hybridized carbons (Fsp3) is 0.381. The van der Waals surface area contributed by atoms with Crippen molar-refractivity contribution in [2.45, 2.75) is 37.6 Å². The van der Waals surface area contributed by atoms with E-state index >= 15 is 0 Å². The summed E-state index contributed by atoms with van der Waals surface area (Å²) in [6.07, 6.45) is 2.96. The average Bonchev–Trinajstić information content (AvgIpc) is 2.70. The monoisotopic (exact) mass is 454 g/mol. The molecular formula is C21H24Cl2N2O3S. The molecule has 0 bridgehead atoms. The smallest absolute Gasteiger partial charge is 0.243 e. The zero-order chi connectivity index (χ0) is 21.0. The fourth-order valence-corrected chi connectivity index (χ4v) is 5.21. The maximum atomic E-state index is 13.4. The van der Waals surface area contributed by atoms with Gasteiger partial charge in [-0.3, -0.25) is 4.79 Å². The maximum Gasteiger partial charge on any atom is 0.243 e. The lowest BCUT2D eigenvalue weighted by Gasteiger charge is -2.30. The van der Waals surface area contributed by atoms with Crippen molar-refractivity contribution in [3.05, 3.63) is 63.6 Å². The van der Waals surface area contributed by atoms with Gasteiger partial charge in [-0.1, -0.05) is 47.0 Å². The first-order chi connectivity index (χ1) is 13.8. The van der Waals surface area contributed by atoms with Crippen LogP contribution in [0.2, 0.25) is 10.0 Å². The number of hydrogen-bond donors (Lipinski definition) is 0. The molecule has 2 aromatic carbocycles. The third-order valence-corrected chi connectivity index (χ3v) is 7.59. The molecule has 0 N–H and O–H groups in total. The van der Waals surface area contributed by atoms with E-state index in [-0.39, 0.29) is 23.9 Å². The number of benzene rings is 2. The number of nitrogens with zero attached hydrogens (tertiary/aromatic N) is 2. The van der Waals surface area contributed by atoms with E-state index in [4.69, 9.17) is 23.2 Å². The maximum absolute atomic E-state index is 13.4. The fourth-order valence-electron chi connectivity index (χ4n) is 3.34. The molecule has 1 fully saturated rings. The summed E-state index contributed by atoms with van der Waals surface area (Å²) < 4.78 is 27.9. The van der Waals surface area contributed by atoms with Gasteiger partial charge in [0.2, 0.25) is 15.9 Å². The molecule has 5 nitrogen and oxygen atoms in total.